The zero-order valence-electron chi connectivity index (χ0n) is 19.4. The van der Waals surface area contributed by atoms with Crippen LogP contribution in [0, 0.1) is 13.8 Å². The van der Waals surface area contributed by atoms with Crippen molar-refractivity contribution in [2.75, 3.05) is 19.7 Å². The van der Waals surface area contributed by atoms with Crippen LogP contribution in [0.3, 0.4) is 0 Å². The summed E-state index contributed by atoms with van der Waals surface area (Å²) in [6, 6.07) is 15.9. The van der Waals surface area contributed by atoms with E-state index in [2.05, 4.69) is 18.3 Å². The Morgan fingerprint density at radius 3 is 2.48 bits per heavy atom. The van der Waals surface area contributed by atoms with Crippen molar-refractivity contribution in [1.29, 1.82) is 0 Å². The van der Waals surface area contributed by atoms with Crippen molar-refractivity contribution in [2.45, 2.75) is 39.7 Å². The fourth-order valence-electron chi connectivity index (χ4n) is 4.22. The average Bonchev–Trinajstić information content (AvgIpc) is 3.26. The molecule has 1 aromatic heterocycles. The molecule has 2 heterocycles. The van der Waals surface area contributed by atoms with Gasteiger partial charge in [0.2, 0.25) is 0 Å². The number of hydrogen-bond donors (Lipinski definition) is 1. The monoisotopic (exact) mass is 446 g/mol. The number of para-hydroxylation sites is 1. The second-order valence-electron chi connectivity index (χ2n) is 8.42. The number of amides is 2. The number of hydrogen-bond acceptors (Lipinski definition) is 4. The Morgan fingerprint density at radius 1 is 1.09 bits per heavy atom. The Labute approximate surface area is 194 Å². The molecule has 4 rings (SSSR count). The van der Waals surface area contributed by atoms with Crippen molar-refractivity contribution in [2.24, 2.45) is 0 Å². The van der Waals surface area contributed by atoms with Gasteiger partial charge in [0, 0.05) is 30.9 Å². The fraction of sp³-hybridized carbons (Fsp3) is 0.346. The molecule has 7 nitrogen and oxygen atoms in total. The lowest BCUT2D eigenvalue weighted by atomic mass is 9.99. The van der Waals surface area contributed by atoms with E-state index in [-0.39, 0.29) is 18.0 Å². The number of aromatic nitrogens is 2. The van der Waals surface area contributed by atoms with E-state index >= 15 is 0 Å². The first-order chi connectivity index (χ1) is 16.0. The minimum Gasteiger partial charge on any atom is -0.450 e. The molecule has 1 aliphatic heterocycles. The number of likely N-dealkylation sites (tertiary alicyclic amines) is 1. The van der Waals surface area contributed by atoms with Gasteiger partial charge in [-0.1, -0.05) is 42.0 Å². The topological polar surface area (TPSA) is 76.5 Å². The Morgan fingerprint density at radius 2 is 1.82 bits per heavy atom. The van der Waals surface area contributed by atoms with Crippen LogP contribution >= 0.6 is 0 Å². The van der Waals surface area contributed by atoms with Gasteiger partial charge in [0.15, 0.2) is 0 Å². The lowest BCUT2D eigenvalue weighted by molar-refractivity contribution is 0.0860. The van der Waals surface area contributed by atoms with Crippen molar-refractivity contribution in [1.82, 2.24) is 20.0 Å². The normalized spacial score (nSPS) is 14.2. The third-order valence-corrected chi connectivity index (χ3v) is 5.97. The summed E-state index contributed by atoms with van der Waals surface area (Å²) >= 11 is 0. The van der Waals surface area contributed by atoms with Crippen LogP contribution in [0.2, 0.25) is 0 Å². The fourth-order valence-corrected chi connectivity index (χ4v) is 4.22. The molecule has 0 aliphatic carbocycles. The molecule has 1 fully saturated rings. The van der Waals surface area contributed by atoms with Gasteiger partial charge in [0.05, 0.1) is 17.9 Å². The molecule has 0 unspecified atom stereocenters. The molecular formula is C26H30N4O3. The number of nitrogens with one attached hydrogen (secondary N) is 1. The van der Waals surface area contributed by atoms with E-state index in [1.54, 1.807) is 22.7 Å². The molecule has 2 aromatic carbocycles. The Kier molecular flexibility index (Phi) is 6.77. The summed E-state index contributed by atoms with van der Waals surface area (Å²) in [6.45, 7) is 7.39. The third kappa shape index (κ3) is 5.08. The molecule has 172 valence electrons. The lowest BCUT2D eigenvalue weighted by Gasteiger charge is -2.31. The largest absolute Gasteiger partial charge is 0.450 e. The van der Waals surface area contributed by atoms with Gasteiger partial charge in [0.1, 0.15) is 5.69 Å². The highest BCUT2D eigenvalue weighted by atomic mass is 16.6. The molecule has 0 radical (unpaired) electrons. The first-order valence-corrected chi connectivity index (χ1v) is 11.4. The molecule has 7 heteroatoms. The number of aryl methyl sites for hydroxylation is 2. The summed E-state index contributed by atoms with van der Waals surface area (Å²) in [5.41, 5.74) is 5.28. The van der Waals surface area contributed by atoms with Crippen LogP contribution in [0.5, 0.6) is 0 Å². The number of piperidine rings is 1. The van der Waals surface area contributed by atoms with Gasteiger partial charge in [0.25, 0.3) is 5.91 Å². The molecule has 1 aliphatic rings. The van der Waals surface area contributed by atoms with Crippen LogP contribution in [0.25, 0.3) is 16.9 Å². The number of carbonyl (C=O) groups excluding carboxylic acids is 2. The molecule has 2 amide bonds. The molecule has 3 aromatic rings. The van der Waals surface area contributed by atoms with Gasteiger partial charge >= 0.3 is 6.09 Å². The standard InChI is InChI=1S/C26H30N4O3/c1-4-33-26(32)29-14-12-20(13-15-29)27-25(31)23-17-30(21-8-6-5-7-9-21)28-24(23)22-11-10-18(2)16-19(22)3/h5-11,16-17,20H,4,12-15H2,1-3H3,(H,27,31). The van der Waals surface area contributed by atoms with Crippen LogP contribution in [-0.4, -0.2) is 52.4 Å². The number of rotatable bonds is 5. The molecule has 0 atom stereocenters. The van der Waals surface area contributed by atoms with Crippen LogP contribution in [0.1, 0.15) is 41.3 Å². The van der Waals surface area contributed by atoms with E-state index in [9.17, 15) is 9.59 Å². The van der Waals surface area contributed by atoms with E-state index < -0.39 is 0 Å². The maximum atomic E-state index is 13.4. The molecule has 1 saturated heterocycles. The second-order valence-corrected chi connectivity index (χ2v) is 8.42. The SMILES string of the molecule is CCOC(=O)N1CCC(NC(=O)c2cn(-c3ccccc3)nc2-c2ccc(C)cc2C)CC1. The Hall–Kier alpha value is -3.61. The summed E-state index contributed by atoms with van der Waals surface area (Å²) in [5, 5.41) is 7.96. The van der Waals surface area contributed by atoms with Crippen LogP contribution < -0.4 is 5.32 Å². The van der Waals surface area contributed by atoms with E-state index in [0.29, 0.717) is 43.8 Å². The Balaban J connectivity index is 1.58. The quantitative estimate of drug-likeness (QED) is 0.626. The minimum atomic E-state index is -0.288. The number of nitrogens with zero attached hydrogens (tertiary/aromatic N) is 3. The van der Waals surface area contributed by atoms with Crippen molar-refractivity contribution >= 4 is 12.0 Å². The minimum absolute atomic E-state index is 0.00443. The maximum absolute atomic E-state index is 13.4. The molecule has 33 heavy (non-hydrogen) atoms. The highest BCUT2D eigenvalue weighted by molar-refractivity contribution is 6.00. The molecule has 0 saturated carbocycles. The summed E-state index contributed by atoms with van der Waals surface area (Å²) in [6.07, 6.45) is 2.89. The molecule has 0 bridgehead atoms. The summed E-state index contributed by atoms with van der Waals surface area (Å²) < 4.78 is 6.84. The number of benzene rings is 2. The smallest absolute Gasteiger partial charge is 0.409 e. The second kappa shape index (κ2) is 9.90. The number of ether oxygens (including phenoxy) is 1. The first kappa shape index (κ1) is 22.6. The van der Waals surface area contributed by atoms with Gasteiger partial charge in [-0.25, -0.2) is 9.48 Å². The zero-order chi connectivity index (χ0) is 23.4. The van der Waals surface area contributed by atoms with Crippen molar-refractivity contribution < 1.29 is 14.3 Å². The lowest BCUT2D eigenvalue weighted by Crippen LogP contribution is -2.46. The molecule has 1 N–H and O–H groups in total. The van der Waals surface area contributed by atoms with Gasteiger partial charge in [-0.05, 0) is 51.3 Å². The number of carbonyl (C=O) groups is 2. The first-order valence-electron chi connectivity index (χ1n) is 11.4. The van der Waals surface area contributed by atoms with Gasteiger partial charge < -0.3 is 15.0 Å². The van der Waals surface area contributed by atoms with Crippen molar-refractivity contribution in [3.8, 4) is 16.9 Å². The third-order valence-electron chi connectivity index (χ3n) is 5.97. The zero-order valence-corrected chi connectivity index (χ0v) is 19.4. The van der Waals surface area contributed by atoms with E-state index in [1.807, 2.05) is 49.4 Å². The Bertz CT molecular complexity index is 1130. The summed E-state index contributed by atoms with van der Waals surface area (Å²) in [5.74, 6) is -0.151. The van der Waals surface area contributed by atoms with Gasteiger partial charge in [-0.15, -0.1) is 0 Å². The van der Waals surface area contributed by atoms with Crippen molar-refractivity contribution in [3.05, 3.63) is 71.4 Å². The average molecular weight is 447 g/mol. The van der Waals surface area contributed by atoms with E-state index in [1.165, 1.54) is 0 Å². The predicted octanol–water partition coefficient (Wildman–Crippen LogP) is 4.51. The van der Waals surface area contributed by atoms with E-state index in [0.717, 1.165) is 22.4 Å². The highest BCUT2D eigenvalue weighted by Gasteiger charge is 2.27. The highest BCUT2D eigenvalue weighted by Crippen LogP contribution is 2.28. The predicted molar refractivity (Wildman–Crippen MR) is 128 cm³/mol. The summed E-state index contributed by atoms with van der Waals surface area (Å²) in [7, 11) is 0. The molecular weight excluding hydrogens is 416 g/mol. The molecule has 0 spiro atoms. The van der Waals surface area contributed by atoms with Gasteiger partial charge in [-0.3, -0.25) is 4.79 Å². The summed E-state index contributed by atoms with van der Waals surface area (Å²) in [4.78, 5) is 27.0. The van der Waals surface area contributed by atoms with Gasteiger partial charge in [-0.2, -0.15) is 5.10 Å². The van der Waals surface area contributed by atoms with Crippen molar-refractivity contribution in [3.63, 3.8) is 0 Å². The maximum Gasteiger partial charge on any atom is 0.409 e. The van der Waals surface area contributed by atoms with Crippen LogP contribution in [0.15, 0.2) is 54.7 Å². The van der Waals surface area contributed by atoms with E-state index in [4.69, 9.17) is 9.84 Å². The van der Waals surface area contributed by atoms with Crippen LogP contribution in [-0.2, 0) is 4.74 Å². The van der Waals surface area contributed by atoms with Crippen LogP contribution in [0.4, 0.5) is 4.79 Å².